The Morgan fingerprint density at radius 1 is 1.29 bits per heavy atom. The van der Waals surface area contributed by atoms with Gasteiger partial charge in [-0.3, -0.25) is 19.8 Å². The summed E-state index contributed by atoms with van der Waals surface area (Å²) in [4.78, 5) is 26.6. The summed E-state index contributed by atoms with van der Waals surface area (Å²) in [6.45, 7) is 0.432. The molecule has 1 amide bonds. The highest BCUT2D eigenvalue weighted by Gasteiger charge is 2.28. The van der Waals surface area contributed by atoms with E-state index in [-0.39, 0.29) is 5.92 Å². The van der Waals surface area contributed by atoms with Crippen LogP contribution in [0.4, 0.5) is 0 Å². The van der Waals surface area contributed by atoms with Crippen LogP contribution in [0.15, 0.2) is 24.4 Å². The van der Waals surface area contributed by atoms with Crippen molar-refractivity contribution in [3.8, 4) is 0 Å². The van der Waals surface area contributed by atoms with Crippen LogP contribution in [0.1, 0.15) is 43.4 Å². The highest BCUT2D eigenvalue weighted by atomic mass is 16.5. The molecule has 1 aromatic rings. The second-order valence-electron chi connectivity index (χ2n) is 6.00. The van der Waals surface area contributed by atoms with Crippen LogP contribution in [0.3, 0.4) is 0 Å². The van der Waals surface area contributed by atoms with E-state index in [4.69, 9.17) is 5.21 Å². The van der Waals surface area contributed by atoms with Crippen molar-refractivity contribution >= 4 is 18.0 Å². The summed E-state index contributed by atoms with van der Waals surface area (Å²) < 4.78 is 0. The van der Waals surface area contributed by atoms with Gasteiger partial charge >= 0.3 is 5.97 Å². The number of aliphatic carboxylic acids is 1. The Balaban J connectivity index is 1.91. The van der Waals surface area contributed by atoms with E-state index in [1.165, 1.54) is 24.1 Å². The van der Waals surface area contributed by atoms with Crippen LogP contribution >= 0.6 is 0 Å². The standard InChI is InChI=1S/C17H23N3O4/c21-15(20-24)9-8-14-7-6-12(10-18-14)11-19-16(17(22)23)13-4-2-1-3-5-13/h6-10,13,16,19,24H,1-5,11H2,(H,20,21)(H,22,23)/t16-/m0/s1. The van der Waals surface area contributed by atoms with Crippen LogP contribution < -0.4 is 10.8 Å². The van der Waals surface area contributed by atoms with Crippen molar-refractivity contribution in [2.75, 3.05) is 0 Å². The number of nitrogens with one attached hydrogen (secondary N) is 2. The molecule has 1 heterocycles. The van der Waals surface area contributed by atoms with Gasteiger partial charge in [-0.25, -0.2) is 5.48 Å². The predicted octanol–water partition coefficient (Wildman–Crippen LogP) is 1.72. The molecule has 0 bridgehead atoms. The van der Waals surface area contributed by atoms with E-state index in [1.54, 1.807) is 12.3 Å². The lowest BCUT2D eigenvalue weighted by Gasteiger charge is -2.28. The molecular formula is C17H23N3O4. The van der Waals surface area contributed by atoms with E-state index in [9.17, 15) is 14.7 Å². The Morgan fingerprint density at radius 3 is 2.62 bits per heavy atom. The maximum absolute atomic E-state index is 11.5. The number of rotatable bonds is 7. The maximum Gasteiger partial charge on any atom is 0.320 e. The molecule has 1 aliphatic carbocycles. The minimum Gasteiger partial charge on any atom is -0.480 e. The van der Waals surface area contributed by atoms with Crippen molar-refractivity contribution in [2.24, 2.45) is 5.92 Å². The average molecular weight is 333 g/mol. The number of hydrogen-bond acceptors (Lipinski definition) is 5. The van der Waals surface area contributed by atoms with Crippen molar-refractivity contribution in [1.82, 2.24) is 15.8 Å². The number of hydroxylamine groups is 1. The zero-order chi connectivity index (χ0) is 17.4. The van der Waals surface area contributed by atoms with E-state index in [1.807, 2.05) is 6.07 Å². The highest BCUT2D eigenvalue weighted by molar-refractivity contribution is 5.90. The van der Waals surface area contributed by atoms with Gasteiger partial charge < -0.3 is 10.4 Å². The van der Waals surface area contributed by atoms with Gasteiger partial charge in [0, 0.05) is 18.8 Å². The Kier molecular flexibility index (Phi) is 6.89. The summed E-state index contributed by atoms with van der Waals surface area (Å²) in [6.07, 6.45) is 9.59. The van der Waals surface area contributed by atoms with Crippen LogP contribution in [-0.4, -0.2) is 33.2 Å². The Morgan fingerprint density at radius 2 is 2.04 bits per heavy atom. The molecule has 0 radical (unpaired) electrons. The molecular weight excluding hydrogens is 310 g/mol. The second-order valence-corrected chi connectivity index (χ2v) is 6.00. The summed E-state index contributed by atoms with van der Waals surface area (Å²) >= 11 is 0. The number of carbonyl (C=O) groups excluding carboxylic acids is 1. The largest absolute Gasteiger partial charge is 0.480 e. The quantitative estimate of drug-likeness (QED) is 0.343. The first-order valence-corrected chi connectivity index (χ1v) is 8.13. The number of pyridine rings is 1. The van der Waals surface area contributed by atoms with Crippen molar-refractivity contribution in [2.45, 2.75) is 44.7 Å². The smallest absolute Gasteiger partial charge is 0.320 e. The lowest BCUT2D eigenvalue weighted by molar-refractivity contribution is -0.141. The zero-order valence-electron chi connectivity index (χ0n) is 13.4. The number of carboxylic acid groups (broad SMARTS) is 1. The summed E-state index contributed by atoms with van der Waals surface area (Å²) in [5, 5.41) is 21.0. The van der Waals surface area contributed by atoms with Gasteiger partial charge in [0.05, 0.1) is 5.69 Å². The number of carboxylic acids is 1. The van der Waals surface area contributed by atoms with Crippen molar-refractivity contribution in [3.63, 3.8) is 0 Å². The molecule has 24 heavy (non-hydrogen) atoms. The van der Waals surface area contributed by atoms with E-state index >= 15 is 0 Å². The average Bonchev–Trinajstić information content (AvgIpc) is 2.61. The molecule has 0 unspecified atom stereocenters. The van der Waals surface area contributed by atoms with E-state index in [2.05, 4.69) is 10.3 Å². The molecule has 7 heteroatoms. The van der Waals surface area contributed by atoms with Gasteiger partial charge in [0.25, 0.3) is 5.91 Å². The van der Waals surface area contributed by atoms with Gasteiger partial charge in [-0.05, 0) is 36.5 Å². The van der Waals surface area contributed by atoms with Crippen LogP contribution in [0.5, 0.6) is 0 Å². The van der Waals surface area contributed by atoms with Crippen LogP contribution in [0.25, 0.3) is 6.08 Å². The van der Waals surface area contributed by atoms with Gasteiger partial charge in [-0.15, -0.1) is 0 Å². The Hall–Kier alpha value is -2.25. The predicted molar refractivity (Wildman–Crippen MR) is 88.0 cm³/mol. The van der Waals surface area contributed by atoms with Crippen LogP contribution in [0, 0.1) is 5.92 Å². The summed E-state index contributed by atoms with van der Waals surface area (Å²) in [6, 6.07) is 3.03. The molecule has 1 fully saturated rings. The maximum atomic E-state index is 11.5. The minimum absolute atomic E-state index is 0.184. The molecule has 130 valence electrons. The SMILES string of the molecule is O=C(C=Cc1ccc(CN[C@H](C(=O)O)C2CCCCC2)cn1)NO. The van der Waals surface area contributed by atoms with Gasteiger partial charge in [-0.1, -0.05) is 25.3 Å². The van der Waals surface area contributed by atoms with Gasteiger partial charge in [0.2, 0.25) is 0 Å². The highest BCUT2D eigenvalue weighted by Crippen LogP contribution is 2.26. The van der Waals surface area contributed by atoms with Crippen LogP contribution in [-0.2, 0) is 16.1 Å². The fraction of sp³-hybridized carbons (Fsp3) is 0.471. The molecule has 1 saturated carbocycles. The van der Waals surface area contributed by atoms with Crippen molar-refractivity contribution < 1.29 is 19.9 Å². The van der Waals surface area contributed by atoms with Gasteiger partial charge in [0.15, 0.2) is 0 Å². The third kappa shape index (κ3) is 5.43. The summed E-state index contributed by atoms with van der Waals surface area (Å²) in [7, 11) is 0. The molecule has 0 spiro atoms. The lowest BCUT2D eigenvalue weighted by Crippen LogP contribution is -2.43. The van der Waals surface area contributed by atoms with Gasteiger partial charge in [0.1, 0.15) is 6.04 Å². The number of amides is 1. The molecule has 2 rings (SSSR count). The normalized spacial score (nSPS) is 16.9. The Labute approximate surface area is 140 Å². The fourth-order valence-corrected chi connectivity index (χ4v) is 2.99. The van der Waals surface area contributed by atoms with Gasteiger partial charge in [-0.2, -0.15) is 0 Å². The zero-order valence-corrected chi connectivity index (χ0v) is 13.4. The summed E-state index contributed by atoms with van der Waals surface area (Å²) in [5.74, 6) is -1.24. The molecule has 1 aliphatic rings. The Bertz CT molecular complexity index is 580. The third-order valence-electron chi connectivity index (χ3n) is 4.28. The molecule has 1 aromatic heterocycles. The molecule has 0 aliphatic heterocycles. The first kappa shape index (κ1) is 18.1. The lowest BCUT2D eigenvalue weighted by atomic mass is 9.84. The van der Waals surface area contributed by atoms with Crippen LogP contribution in [0.2, 0.25) is 0 Å². The third-order valence-corrected chi connectivity index (χ3v) is 4.28. The molecule has 0 saturated heterocycles. The molecule has 4 N–H and O–H groups in total. The molecule has 0 aromatic carbocycles. The van der Waals surface area contributed by atoms with E-state index in [0.717, 1.165) is 31.2 Å². The number of aromatic nitrogens is 1. The fourth-order valence-electron chi connectivity index (χ4n) is 2.99. The van der Waals surface area contributed by atoms with Crippen molar-refractivity contribution in [1.29, 1.82) is 0 Å². The van der Waals surface area contributed by atoms with Crippen molar-refractivity contribution in [3.05, 3.63) is 35.7 Å². The number of carbonyl (C=O) groups is 2. The second kappa shape index (κ2) is 9.14. The first-order chi connectivity index (χ1) is 11.6. The molecule has 7 nitrogen and oxygen atoms in total. The monoisotopic (exact) mass is 333 g/mol. The topological polar surface area (TPSA) is 112 Å². The van der Waals surface area contributed by atoms with E-state index < -0.39 is 17.9 Å². The van der Waals surface area contributed by atoms with E-state index in [0.29, 0.717) is 12.2 Å². The number of hydrogen-bond donors (Lipinski definition) is 4. The summed E-state index contributed by atoms with van der Waals surface area (Å²) in [5.41, 5.74) is 2.95. The molecule has 1 atom stereocenters. The minimum atomic E-state index is -0.801. The first-order valence-electron chi connectivity index (χ1n) is 8.13. The number of nitrogens with zero attached hydrogens (tertiary/aromatic N) is 1.